The van der Waals surface area contributed by atoms with E-state index in [1.165, 1.54) is 59.0 Å². The Bertz CT molecular complexity index is 1550. The van der Waals surface area contributed by atoms with Gasteiger partial charge in [0.25, 0.3) is 5.91 Å². The molecule has 35 heavy (non-hydrogen) atoms. The van der Waals surface area contributed by atoms with E-state index >= 15 is 0 Å². The summed E-state index contributed by atoms with van der Waals surface area (Å²) >= 11 is 1.23. The maximum Gasteiger partial charge on any atom is 0.274 e. The van der Waals surface area contributed by atoms with Gasteiger partial charge in [0, 0.05) is 24.9 Å². The van der Waals surface area contributed by atoms with Crippen molar-refractivity contribution >= 4 is 32.4 Å². The summed E-state index contributed by atoms with van der Waals surface area (Å²) in [6.45, 7) is 1.30. The number of hydrogen-bond acceptors (Lipinski definition) is 6. The third kappa shape index (κ3) is 3.94. The highest BCUT2D eigenvalue weighted by atomic mass is 32.1. The Balaban J connectivity index is 1.51. The summed E-state index contributed by atoms with van der Waals surface area (Å²) in [5.74, 6) is -2.65. The number of aliphatic hydroxyl groups is 1. The van der Waals surface area contributed by atoms with Crippen LogP contribution in [0.4, 0.5) is 13.2 Å². The summed E-state index contributed by atoms with van der Waals surface area (Å²) in [4.78, 5) is 23.3. The first-order valence-electron chi connectivity index (χ1n) is 10.5. The maximum absolute atomic E-state index is 14.8. The molecule has 2 atom stereocenters. The first-order valence-corrected chi connectivity index (χ1v) is 11.3. The van der Waals surface area contributed by atoms with Crippen LogP contribution in [-0.4, -0.2) is 53.2 Å². The van der Waals surface area contributed by atoms with Gasteiger partial charge in [-0.1, -0.05) is 17.4 Å². The fraction of sp³-hybridized carbons (Fsp3) is 0.217. The van der Waals surface area contributed by atoms with Crippen LogP contribution in [-0.2, 0) is 12.1 Å². The van der Waals surface area contributed by atoms with Gasteiger partial charge in [-0.25, -0.2) is 27.8 Å². The second kappa shape index (κ2) is 8.47. The van der Waals surface area contributed by atoms with Crippen molar-refractivity contribution < 1.29 is 23.1 Å². The molecule has 0 saturated carbocycles. The van der Waals surface area contributed by atoms with Crippen molar-refractivity contribution in [1.29, 1.82) is 0 Å². The van der Waals surface area contributed by atoms with Crippen LogP contribution in [0.25, 0.3) is 15.2 Å². The first-order chi connectivity index (χ1) is 16.7. The molecule has 0 unspecified atom stereocenters. The number of amides is 1. The van der Waals surface area contributed by atoms with Crippen LogP contribution in [0.2, 0.25) is 0 Å². The summed E-state index contributed by atoms with van der Waals surface area (Å²) in [6.07, 6.45) is 4.14. The van der Waals surface area contributed by atoms with Gasteiger partial charge in [0.15, 0.2) is 4.96 Å². The molecule has 0 fully saturated rings. The van der Waals surface area contributed by atoms with Crippen molar-refractivity contribution in [3.8, 4) is 0 Å². The highest BCUT2D eigenvalue weighted by Crippen LogP contribution is 2.33. The van der Waals surface area contributed by atoms with Crippen LogP contribution >= 0.6 is 11.3 Å². The fourth-order valence-corrected chi connectivity index (χ4v) is 5.13. The van der Waals surface area contributed by atoms with Gasteiger partial charge in [-0.05, 0) is 31.2 Å². The number of likely N-dealkylation sites (N-methyl/N-ethyl adjacent to an activating group) is 1. The molecule has 5 rings (SSSR count). The summed E-state index contributed by atoms with van der Waals surface area (Å²) in [5, 5.41) is 15.7. The van der Waals surface area contributed by atoms with Crippen LogP contribution in [0.1, 0.15) is 23.0 Å². The highest BCUT2D eigenvalue weighted by Gasteiger charge is 2.43. The lowest BCUT2D eigenvalue weighted by Crippen LogP contribution is -2.52. The third-order valence-electron chi connectivity index (χ3n) is 6.13. The summed E-state index contributed by atoms with van der Waals surface area (Å²) in [5.41, 5.74) is -1.39. The van der Waals surface area contributed by atoms with Gasteiger partial charge in [-0.3, -0.25) is 9.20 Å². The number of imidazole rings is 1. The number of fused-ring (bicyclic) bond motifs is 3. The molecule has 1 N–H and O–H groups in total. The summed E-state index contributed by atoms with van der Waals surface area (Å²) in [6, 6.07) is 6.19. The second-order valence-corrected chi connectivity index (χ2v) is 9.24. The zero-order valence-electron chi connectivity index (χ0n) is 18.6. The van der Waals surface area contributed by atoms with Gasteiger partial charge in [0.1, 0.15) is 41.4 Å². The quantitative estimate of drug-likeness (QED) is 0.385. The molecule has 3 aromatic heterocycles. The number of carbonyl (C=O) groups excluding carboxylic acids is 1. The van der Waals surface area contributed by atoms with Crippen molar-refractivity contribution in [2.24, 2.45) is 0 Å². The van der Waals surface area contributed by atoms with E-state index in [1.54, 1.807) is 17.4 Å². The molecule has 0 bridgehead atoms. The molecule has 0 aliphatic carbocycles. The van der Waals surface area contributed by atoms with Crippen molar-refractivity contribution in [2.45, 2.75) is 25.1 Å². The molecule has 8 nitrogen and oxygen atoms in total. The van der Waals surface area contributed by atoms with E-state index < -0.39 is 29.2 Å². The van der Waals surface area contributed by atoms with Gasteiger partial charge in [-0.15, -0.1) is 0 Å². The average Bonchev–Trinajstić information content (AvgIpc) is 3.53. The van der Waals surface area contributed by atoms with Crippen molar-refractivity contribution in [3.63, 3.8) is 0 Å². The molecule has 5 aromatic rings. The predicted octanol–water partition coefficient (Wildman–Crippen LogP) is 3.61. The Hall–Kier alpha value is -3.77. The molecule has 0 saturated heterocycles. The number of benzene rings is 2. The lowest BCUT2D eigenvalue weighted by molar-refractivity contribution is -0.0501. The Kier molecular flexibility index (Phi) is 5.56. The van der Waals surface area contributed by atoms with E-state index in [4.69, 9.17) is 0 Å². The van der Waals surface area contributed by atoms with Crippen LogP contribution in [0, 0.1) is 17.5 Å². The highest BCUT2D eigenvalue weighted by molar-refractivity contribution is 7.23. The maximum atomic E-state index is 14.8. The zero-order chi connectivity index (χ0) is 24.9. The molecule has 0 radical (unpaired) electrons. The molecule has 0 spiro atoms. The predicted molar refractivity (Wildman–Crippen MR) is 122 cm³/mol. The van der Waals surface area contributed by atoms with Gasteiger partial charge >= 0.3 is 0 Å². The molecule has 0 aliphatic heterocycles. The minimum Gasteiger partial charge on any atom is -0.381 e. The molecular formula is C23H19F3N6O2S. The number of hydrogen-bond donors (Lipinski definition) is 1. The average molecular weight is 501 g/mol. The number of nitrogens with zero attached hydrogens (tertiary/aromatic N) is 6. The molecular weight excluding hydrogens is 481 g/mol. The van der Waals surface area contributed by atoms with E-state index in [9.17, 15) is 23.1 Å². The molecule has 2 aromatic carbocycles. The number of halogens is 3. The van der Waals surface area contributed by atoms with Crippen LogP contribution < -0.4 is 0 Å². The van der Waals surface area contributed by atoms with Crippen LogP contribution in [0.15, 0.2) is 55.2 Å². The monoisotopic (exact) mass is 500 g/mol. The van der Waals surface area contributed by atoms with Gasteiger partial charge in [-0.2, -0.15) is 5.10 Å². The molecule has 3 heterocycles. The zero-order valence-corrected chi connectivity index (χ0v) is 19.4. The molecule has 1 amide bonds. The smallest absolute Gasteiger partial charge is 0.274 e. The van der Waals surface area contributed by atoms with E-state index in [0.717, 1.165) is 12.1 Å². The minimum atomic E-state index is -1.99. The normalized spacial score (nSPS) is 14.3. The molecule has 12 heteroatoms. The standard InChI is InChI=1S/C23H19F3N6O2S/c1-13(23(34,10-31-12-27-11-28-31)16-5-3-14(24)7-17(16)26)30(2)21(33)18-9-32-19-6-4-15(25)8-20(19)35-22(32)29-18/h3-9,11-13,34H,10H2,1-2H3/t13-,23-/m1/s1. The topological polar surface area (TPSA) is 88.5 Å². The Morgan fingerprint density at radius 2 is 1.94 bits per heavy atom. The first kappa shape index (κ1) is 23.0. The van der Waals surface area contributed by atoms with Crippen molar-refractivity contribution in [1.82, 2.24) is 29.0 Å². The SMILES string of the molecule is C[C@@H](N(C)C(=O)c1cn2c(n1)sc1cc(F)ccc12)[C@](O)(Cn1cncn1)c1ccc(F)cc1F. The van der Waals surface area contributed by atoms with Gasteiger partial charge < -0.3 is 10.0 Å². The van der Waals surface area contributed by atoms with Crippen LogP contribution in [0.3, 0.4) is 0 Å². The van der Waals surface area contributed by atoms with E-state index in [0.29, 0.717) is 21.2 Å². The molecule has 180 valence electrons. The Morgan fingerprint density at radius 3 is 2.66 bits per heavy atom. The van der Waals surface area contributed by atoms with Crippen molar-refractivity contribution in [2.75, 3.05) is 7.05 Å². The Morgan fingerprint density at radius 1 is 1.20 bits per heavy atom. The van der Waals surface area contributed by atoms with Crippen molar-refractivity contribution in [3.05, 3.63) is 84.0 Å². The van der Waals surface area contributed by atoms with Crippen LogP contribution in [0.5, 0.6) is 0 Å². The number of carbonyl (C=O) groups is 1. The Labute approximate surface area is 200 Å². The van der Waals surface area contributed by atoms with E-state index in [2.05, 4.69) is 15.1 Å². The third-order valence-corrected chi connectivity index (χ3v) is 7.15. The summed E-state index contributed by atoms with van der Waals surface area (Å²) in [7, 11) is 1.46. The number of thiazole rings is 1. The summed E-state index contributed by atoms with van der Waals surface area (Å²) < 4.78 is 45.6. The largest absolute Gasteiger partial charge is 0.381 e. The number of aromatic nitrogens is 5. The lowest BCUT2D eigenvalue weighted by Gasteiger charge is -2.39. The molecule has 0 aliphatic rings. The number of rotatable bonds is 6. The second-order valence-electron chi connectivity index (χ2n) is 8.23. The minimum absolute atomic E-state index is 0.0968. The van der Waals surface area contributed by atoms with E-state index in [-0.39, 0.29) is 23.6 Å². The van der Waals surface area contributed by atoms with Gasteiger partial charge in [0.2, 0.25) is 0 Å². The fourth-order valence-electron chi connectivity index (χ4n) is 4.10. The van der Waals surface area contributed by atoms with E-state index in [1.807, 2.05) is 0 Å². The lowest BCUT2D eigenvalue weighted by atomic mass is 9.85. The van der Waals surface area contributed by atoms with Gasteiger partial charge in [0.05, 0.1) is 22.8 Å².